The van der Waals surface area contributed by atoms with Gasteiger partial charge in [-0.05, 0) is 54.8 Å². The summed E-state index contributed by atoms with van der Waals surface area (Å²) in [5, 5.41) is 0. The van der Waals surface area contributed by atoms with Gasteiger partial charge < -0.3 is 10.5 Å². The summed E-state index contributed by atoms with van der Waals surface area (Å²) < 4.78 is 19.2. The number of hydrogen-bond donors (Lipinski definition) is 1. The Hall–Kier alpha value is -1.94. The van der Waals surface area contributed by atoms with E-state index in [0.717, 1.165) is 11.3 Å². The molecule has 0 fully saturated rings. The fraction of sp³-hybridized carbons (Fsp3) is 0.188. The van der Waals surface area contributed by atoms with Crippen molar-refractivity contribution in [3.05, 3.63) is 64.5 Å². The van der Waals surface area contributed by atoms with Crippen LogP contribution in [0.2, 0.25) is 0 Å². The van der Waals surface area contributed by atoms with E-state index in [9.17, 15) is 4.39 Å². The topological polar surface area (TPSA) is 35.2 Å². The van der Waals surface area contributed by atoms with Crippen molar-refractivity contribution >= 4 is 17.2 Å². The maximum absolute atomic E-state index is 13.5. The number of benzene rings is 2. The monoisotopic (exact) mass is 289 g/mol. The van der Waals surface area contributed by atoms with E-state index in [1.807, 2.05) is 32.0 Å². The van der Waals surface area contributed by atoms with E-state index in [1.54, 1.807) is 12.1 Å². The van der Waals surface area contributed by atoms with E-state index in [-0.39, 0.29) is 10.6 Å². The lowest BCUT2D eigenvalue weighted by atomic mass is 10.1. The zero-order valence-corrected chi connectivity index (χ0v) is 12.3. The average molecular weight is 289 g/mol. The predicted molar refractivity (Wildman–Crippen MR) is 82.5 cm³/mol. The molecule has 4 heteroatoms. The summed E-state index contributed by atoms with van der Waals surface area (Å²) in [6.07, 6.45) is 0. The Bertz CT molecular complexity index is 655. The molecule has 0 aliphatic heterocycles. The molecule has 2 aromatic rings. The Morgan fingerprint density at radius 3 is 2.55 bits per heavy atom. The average Bonchev–Trinajstić information content (AvgIpc) is 2.41. The zero-order chi connectivity index (χ0) is 14.7. The third-order valence-electron chi connectivity index (χ3n) is 3.18. The molecule has 0 unspecified atom stereocenters. The first-order chi connectivity index (χ1) is 9.47. The molecule has 0 saturated carbocycles. The van der Waals surface area contributed by atoms with E-state index in [2.05, 4.69) is 0 Å². The van der Waals surface area contributed by atoms with Gasteiger partial charge in [0.25, 0.3) is 0 Å². The van der Waals surface area contributed by atoms with E-state index in [0.29, 0.717) is 6.61 Å². The van der Waals surface area contributed by atoms with Crippen molar-refractivity contribution in [2.24, 2.45) is 5.73 Å². The van der Waals surface area contributed by atoms with Gasteiger partial charge in [0.15, 0.2) is 0 Å². The molecule has 0 aliphatic carbocycles. The van der Waals surface area contributed by atoms with Crippen LogP contribution in [0.1, 0.15) is 22.3 Å². The molecule has 2 rings (SSSR count). The van der Waals surface area contributed by atoms with E-state index in [1.165, 1.54) is 17.2 Å². The van der Waals surface area contributed by atoms with Gasteiger partial charge in [0.1, 0.15) is 23.2 Å². The first kappa shape index (κ1) is 14.5. The molecule has 0 aromatic heterocycles. The fourth-order valence-corrected chi connectivity index (χ4v) is 1.98. The highest BCUT2D eigenvalue weighted by atomic mass is 32.1. The minimum absolute atomic E-state index is 0.0514. The molecule has 20 heavy (non-hydrogen) atoms. The van der Waals surface area contributed by atoms with E-state index in [4.69, 9.17) is 22.7 Å². The number of nitrogens with two attached hydrogens (primary N) is 1. The van der Waals surface area contributed by atoms with Gasteiger partial charge in [0.2, 0.25) is 0 Å². The van der Waals surface area contributed by atoms with Crippen LogP contribution in [-0.4, -0.2) is 4.99 Å². The lowest BCUT2D eigenvalue weighted by molar-refractivity contribution is 0.306. The predicted octanol–water partition coefficient (Wildman–Crippen LogP) is 3.66. The quantitative estimate of drug-likeness (QED) is 0.873. The van der Waals surface area contributed by atoms with Crippen LogP contribution < -0.4 is 10.5 Å². The van der Waals surface area contributed by atoms with Crippen LogP contribution in [0.5, 0.6) is 5.75 Å². The smallest absolute Gasteiger partial charge is 0.133 e. The molecule has 0 amide bonds. The largest absolute Gasteiger partial charge is 0.489 e. The normalized spacial score (nSPS) is 10.3. The number of thiocarbonyl (C=S) groups is 1. The molecular weight excluding hydrogens is 273 g/mol. The van der Waals surface area contributed by atoms with Crippen LogP contribution in [-0.2, 0) is 6.61 Å². The number of hydrogen-bond acceptors (Lipinski definition) is 2. The SMILES string of the molecule is Cc1ccc(OCc2ccc(F)c(C(N)=S)c2)cc1C. The van der Waals surface area contributed by atoms with Crippen LogP contribution >= 0.6 is 12.2 Å². The van der Waals surface area contributed by atoms with Gasteiger partial charge >= 0.3 is 0 Å². The Morgan fingerprint density at radius 2 is 1.90 bits per heavy atom. The van der Waals surface area contributed by atoms with Gasteiger partial charge in [-0.1, -0.05) is 24.4 Å². The number of ether oxygens (including phenoxy) is 1. The second-order valence-corrected chi connectivity index (χ2v) is 5.15. The molecule has 0 spiro atoms. The minimum atomic E-state index is -0.410. The maximum atomic E-state index is 13.5. The highest BCUT2D eigenvalue weighted by Crippen LogP contribution is 2.18. The van der Waals surface area contributed by atoms with Crippen molar-refractivity contribution in [2.45, 2.75) is 20.5 Å². The molecule has 104 valence electrons. The molecule has 0 bridgehead atoms. The summed E-state index contributed by atoms with van der Waals surface area (Å²) in [5.41, 5.74) is 8.94. The summed E-state index contributed by atoms with van der Waals surface area (Å²) in [7, 11) is 0. The van der Waals surface area contributed by atoms with Crippen LogP contribution in [0.15, 0.2) is 36.4 Å². The Labute approximate surface area is 123 Å². The van der Waals surface area contributed by atoms with E-state index < -0.39 is 5.82 Å². The van der Waals surface area contributed by atoms with Crippen molar-refractivity contribution in [3.63, 3.8) is 0 Å². The molecule has 0 heterocycles. The van der Waals surface area contributed by atoms with Gasteiger partial charge in [-0.25, -0.2) is 4.39 Å². The third kappa shape index (κ3) is 3.33. The molecule has 2 nitrogen and oxygen atoms in total. The zero-order valence-electron chi connectivity index (χ0n) is 11.4. The number of aryl methyl sites for hydroxylation is 2. The highest BCUT2D eigenvalue weighted by Gasteiger charge is 2.07. The summed E-state index contributed by atoms with van der Waals surface area (Å²) >= 11 is 4.82. The van der Waals surface area contributed by atoms with Crippen molar-refractivity contribution < 1.29 is 9.13 Å². The van der Waals surface area contributed by atoms with Gasteiger partial charge in [-0.2, -0.15) is 0 Å². The molecule has 2 aromatic carbocycles. The second-order valence-electron chi connectivity index (χ2n) is 4.71. The first-order valence-electron chi connectivity index (χ1n) is 6.25. The Morgan fingerprint density at radius 1 is 1.15 bits per heavy atom. The van der Waals surface area contributed by atoms with Crippen LogP contribution in [0.4, 0.5) is 4.39 Å². The molecule has 0 aliphatic rings. The number of halogens is 1. The van der Waals surface area contributed by atoms with Gasteiger partial charge in [0.05, 0.1) is 0 Å². The van der Waals surface area contributed by atoms with Crippen LogP contribution in [0.3, 0.4) is 0 Å². The van der Waals surface area contributed by atoms with E-state index >= 15 is 0 Å². The molecule has 0 radical (unpaired) electrons. The lowest BCUT2D eigenvalue weighted by Gasteiger charge is -2.10. The first-order valence-corrected chi connectivity index (χ1v) is 6.66. The van der Waals surface area contributed by atoms with Gasteiger partial charge in [0, 0.05) is 5.56 Å². The molecular formula is C16H16FNOS. The van der Waals surface area contributed by atoms with Crippen molar-refractivity contribution in [2.75, 3.05) is 0 Å². The summed E-state index contributed by atoms with van der Waals surface area (Å²) in [4.78, 5) is 0.0514. The second kappa shape index (κ2) is 6.01. The van der Waals surface area contributed by atoms with Crippen molar-refractivity contribution in [3.8, 4) is 5.75 Å². The van der Waals surface area contributed by atoms with Crippen LogP contribution in [0.25, 0.3) is 0 Å². The summed E-state index contributed by atoms with van der Waals surface area (Å²) in [6.45, 7) is 4.43. The Balaban J connectivity index is 2.12. The molecule has 0 atom stereocenters. The third-order valence-corrected chi connectivity index (χ3v) is 3.40. The van der Waals surface area contributed by atoms with Crippen LogP contribution in [0, 0.1) is 19.7 Å². The van der Waals surface area contributed by atoms with Gasteiger partial charge in [-0.3, -0.25) is 0 Å². The minimum Gasteiger partial charge on any atom is -0.489 e. The number of rotatable bonds is 4. The molecule has 2 N–H and O–H groups in total. The highest BCUT2D eigenvalue weighted by molar-refractivity contribution is 7.80. The van der Waals surface area contributed by atoms with Crippen molar-refractivity contribution in [1.82, 2.24) is 0 Å². The molecule has 0 saturated heterocycles. The fourth-order valence-electron chi connectivity index (χ4n) is 1.82. The summed E-state index contributed by atoms with van der Waals surface area (Å²) in [6, 6.07) is 10.5. The van der Waals surface area contributed by atoms with Gasteiger partial charge in [-0.15, -0.1) is 0 Å². The standard InChI is InChI=1S/C16H16FNOS/c1-10-3-5-13(7-11(10)2)19-9-12-4-6-15(17)14(8-12)16(18)20/h3-8H,9H2,1-2H3,(H2,18,20). The van der Waals surface area contributed by atoms with Crippen molar-refractivity contribution in [1.29, 1.82) is 0 Å². The maximum Gasteiger partial charge on any atom is 0.133 e. The lowest BCUT2D eigenvalue weighted by Crippen LogP contribution is -2.12. The Kier molecular flexibility index (Phi) is 4.35. The summed E-state index contributed by atoms with van der Waals surface area (Å²) in [5.74, 6) is 0.377.